The van der Waals surface area contributed by atoms with Gasteiger partial charge in [0.1, 0.15) is 5.60 Å². The molecular weight excluding hydrogens is 232 g/mol. The maximum Gasteiger partial charge on any atom is 0.193 e. The van der Waals surface area contributed by atoms with Crippen LogP contribution in [0.5, 0.6) is 0 Å². The normalized spacial score (nSPS) is 13.4. The third-order valence-corrected chi connectivity index (χ3v) is 2.75. The highest BCUT2D eigenvalue weighted by Crippen LogP contribution is 2.14. The predicted octanol–water partition coefficient (Wildman–Crippen LogP) is 0.926. The van der Waals surface area contributed by atoms with Crippen LogP contribution in [0.4, 0.5) is 0 Å². The molecule has 0 saturated heterocycles. The molecule has 0 aromatic heterocycles. The fraction of sp³-hybridized carbons (Fsp3) is 0.500. The van der Waals surface area contributed by atoms with Gasteiger partial charge in [0.05, 0.1) is 12.7 Å². The molecule has 1 atom stereocenters. The smallest absolute Gasteiger partial charge is 0.193 e. The first kappa shape index (κ1) is 14.8. The van der Waals surface area contributed by atoms with Crippen LogP contribution in [-0.2, 0) is 6.42 Å². The Morgan fingerprint density at radius 2 is 1.83 bits per heavy atom. The van der Waals surface area contributed by atoms with Crippen molar-refractivity contribution in [2.45, 2.75) is 38.4 Å². The first-order valence-corrected chi connectivity index (χ1v) is 5.99. The van der Waals surface area contributed by atoms with Gasteiger partial charge in [-0.3, -0.25) is 4.79 Å². The SMILES string of the molecule is CC(C)(O)C(=O)c1ccc(CCC(O)CO)cc1. The van der Waals surface area contributed by atoms with Crippen LogP contribution in [-0.4, -0.2) is 39.4 Å². The third-order valence-electron chi connectivity index (χ3n) is 2.75. The number of hydrogen-bond donors (Lipinski definition) is 3. The second-order valence-corrected chi connectivity index (χ2v) is 4.96. The molecule has 0 spiro atoms. The van der Waals surface area contributed by atoms with Gasteiger partial charge in [-0.25, -0.2) is 0 Å². The lowest BCUT2D eigenvalue weighted by molar-refractivity contribution is 0.0488. The Morgan fingerprint density at radius 3 is 2.28 bits per heavy atom. The molecule has 0 fully saturated rings. The number of aliphatic hydroxyl groups excluding tert-OH is 2. The number of hydrogen-bond acceptors (Lipinski definition) is 4. The fourth-order valence-corrected chi connectivity index (χ4v) is 1.60. The zero-order chi connectivity index (χ0) is 13.8. The number of carbonyl (C=O) groups excluding carboxylic acids is 1. The van der Waals surface area contributed by atoms with E-state index in [1.807, 2.05) is 0 Å². The average Bonchev–Trinajstić information content (AvgIpc) is 2.34. The summed E-state index contributed by atoms with van der Waals surface area (Å²) in [5.41, 5.74) is 0.0814. The van der Waals surface area contributed by atoms with E-state index in [9.17, 15) is 15.0 Å². The maximum absolute atomic E-state index is 11.8. The van der Waals surface area contributed by atoms with E-state index in [2.05, 4.69) is 0 Å². The minimum atomic E-state index is -1.37. The molecule has 0 amide bonds. The van der Waals surface area contributed by atoms with Gasteiger partial charge < -0.3 is 15.3 Å². The molecule has 18 heavy (non-hydrogen) atoms. The van der Waals surface area contributed by atoms with Gasteiger partial charge in [0, 0.05) is 5.56 Å². The Labute approximate surface area is 107 Å². The zero-order valence-electron chi connectivity index (χ0n) is 10.8. The van der Waals surface area contributed by atoms with E-state index in [4.69, 9.17) is 5.11 Å². The standard InChI is InChI=1S/C14H20O4/c1-14(2,18)13(17)11-6-3-10(4-7-11)5-8-12(16)9-15/h3-4,6-7,12,15-16,18H,5,8-9H2,1-2H3. The van der Waals surface area contributed by atoms with Crippen LogP contribution in [0, 0.1) is 0 Å². The molecule has 3 N–H and O–H groups in total. The monoisotopic (exact) mass is 252 g/mol. The van der Waals surface area contributed by atoms with Gasteiger partial charge >= 0.3 is 0 Å². The lowest BCUT2D eigenvalue weighted by atomic mass is 9.95. The molecule has 0 heterocycles. The van der Waals surface area contributed by atoms with Crippen molar-refractivity contribution in [2.24, 2.45) is 0 Å². The highest BCUT2D eigenvalue weighted by Gasteiger charge is 2.24. The van der Waals surface area contributed by atoms with Crippen molar-refractivity contribution < 1.29 is 20.1 Å². The van der Waals surface area contributed by atoms with Gasteiger partial charge in [-0.2, -0.15) is 0 Å². The fourth-order valence-electron chi connectivity index (χ4n) is 1.60. The highest BCUT2D eigenvalue weighted by molar-refractivity contribution is 6.01. The van der Waals surface area contributed by atoms with Gasteiger partial charge in [0.25, 0.3) is 0 Å². The van der Waals surface area contributed by atoms with Crippen molar-refractivity contribution in [1.29, 1.82) is 0 Å². The summed E-state index contributed by atoms with van der Waals surface area (Å²) >= 11 is 0. The minimum absolute atomic E-state index is 0.241. The number of aliphatic hydroxyl groups is 3. The molecule has 1 rings (SSSR count). The van der Waals surface area contributed by atoms with Gasteiger partial charge in [0.2, 0.25) is 0 Å². The van der Waals surface area contributed by atoms with Crippen molar-refractivity contribution >= 4 is 5.78 Å². The molecule has 0 aliphatic carbocycles. The first-order chi connectivity index (χ1) is 8.34. The van der Waals surface area contributed by atoms with Gasteiger partial charge in [-0.1, -0.05) is 24.3 Å². The summed E-state index contributed by atoms with van der Waals surface area (Å²) in [6.45, 7) is 2.68. The Balaban J connectivity index is 2.66. The van der Waals surface area contributed by atoms with Crippen molar-refractivity contribution in [3.63, 3.8) is 0 Å². The van der Waals surface area contributed by atoms with Crippen LogP contribution in [0.1, 0.15) is 36.2 Å². The number of ketones is 1. The molecule has 0 aliphatic heterocycles. The van der Waals surface area contributed by atoms with Gasteiger partial charge in [-0.05, 0) is 32.3 Å². The highest BCUT2D eigenvalue weighted by atomic mass is 16.3. The van der Waals surface area contributed by atoms with E-state index in [0.717, 1.165) is 5.56 Å². The van der Waals surface area contributed by atoms with Gasteiger partial charge in [0.15, 0.2) is 5.78 Å². The largest absolute Gasteiger partial charge is 0.394 e. The lowest BCUT2D eigenvalue weighted by Crippen LogP contribution is -2.31. The van der Waals surface area contributed by atoms with Crippen LogP contribution in [0.25, 0.3) is 0 Å². The summed E-state index contributed by atoms with van der Waals surface area (Å²) < 4.78 is 0. The van der Waals surface area contributed by atoms with E-state index >= 15 is 0 Å². The van der Waals surface area contributed by atoms with E-state index < -0.39 is 11.7 Å². The number of rotatable bonds is 6. The van der Waals surface area contributed by atoms with Crippen molar-refractivity contribution in [3.8, 4) is 0 Å². The maximum atomic E-state index is 11.8. The summed E-state index contributed by atoms with van der Waals surface area (Å²) in [7, 11) is 0. The molecule has 4 heteroatoms. The van der Waals surface area contributed by atoms with Crippen LogP contribution >= 0.6 is 0 Å². The zero-order valence-corrected chi connectivity index (χ0v) is 10.8. The van der Waals surface area contributed by atoms with Crippen LogP contribution in [0.3, 0.4) is 0 Å². The number of Topliss-reactive ketones (excluding diaryl/α,β-unsaturated/α-hetero) is 1. The second-order valence-electron chi connectivity index (χ2n) is 4.96. The third kappa shape index (κ3) is 4.22. The minimum Gasteiger partial charge on any atom is -0.394 e. The molecule has 1 aromatic rings. The Bertz CT molecular complexity index is 389. The van der Waals surface area contributed by atoms with Crippen molar-refractivity contribution in [3.05, 3.63) is 35.4 Å². The van der Waals surface area contributed by atoms with E-state index in [1.165, 1.54) is 13.8 Å². The van der Waals surface area contributed by atoms with E-state index in [1.54, 1.807) is 24.3 Å². The summed E-state index contributed by atoms with van der Waals surface area (Å²) in [6, 6.07) is 6.92. The molecule has 0 saturated carbocycles. The number of aryl methyl sites for hydroxylation is 1. The second kappa shape index (κ2) is 6.09. The average molecular weight is 252 g/mol. The summed E-state index contributed by atoms with van der Waals surface area (Å²) in [4.78, 5) is 11.8. The topological polar surface area (TPSA) is 77.8 Å². The number of benzene rings is 1. The quantitative estimate of drug-likeness (QED) is 0.658. The molecular formula is C14H20O4. The molecule has 0 radical (unpaired) electrons. The molecule has 1 aromatic carbocycles. The Kier molecular flexibility index (Phi) is 5.02. The Hall–Kier alpha value is -1.23. The molecule has 0 bridgehead atoms. The van der Waals surface area contributed by atoms with Crippen molar-refractivity contribution in [2.75, 3.05) is 6.61 Å². The molecule has 4 nitrogen and oxygen atoms in total. The summed E-state index contributed by atoms with van der Waals surface area (Å²) in [6.07, 6.45) is 0.413. The first-order valence-electron chi connectivity index (χ1n) is 5.99. The lowest BCUT2D eigenvalue weighted by Gasteiger charge is -2.15. The summed E-state index contributed by atoms with van der Waals surface area (Å²) in [5, 5.41) is 27.5. The predicted molar refractivity (Wildman–Crippen MR) is 68.5 cm³/mol. The molecule has 100 valence electrons. The van der Waals surface area contributed by atoms with E-state index in [0.29, 0.717) is 18.4 Å². The summed E-state index contributed by atoms with van der Waals surface area (Å²) in [5.74, 6) is -0.315. The van der Waals surface area contributed by atoms with Gasteiger partial charge in [-0.15, -0.1) is 0 Å². The van der Waals surface area contributed by atoms with Crippen LogP contribution < -0.4 is 0 Å². The Morgan fingerprint density at radius 1 is 1.28 bits per heavy atom. The van der Waals surface area contributed by atoms with Crippen molar-refractivity contribution in [1.82, 2.24) is 0 Å². The van der Waals surface area contributed by atoms with Crippen LogP contribution in [0.15, 0.2) is 24.3 Å². The van der Waals surface area contributed by atoms with E-state index in [-0.39, 0.29) is 12.4 Å². The van der Waals surface area contributed by atoms with Crippen LogP contribution in [0.2, 0.25) is 0 Å². The molecule has 0 aliphatic rings. The molecule has 1 unspecified atom stereocenters. The number of carbonyl (C=O) groups is 1.